The van der Waals surface area contributed by atoms with Crippen LogP contribution >= 0.6 is 0 Å². The van der Waals surface area contributed by atoms with Crippen molar-refractivity contribution in [2.24, 2.45) is 20.0 Å². The third kappa shape index (κ3) is 2.35. The van der Waals surface area contributed by atoms with Crippen LogP contribution < -0.4 is 20.9 Å². The Morgan fingerprint density at radius 1 is 0.833 bits per heavy atom. The molecule has 3 aromatic rings. The first-order chi connectivity index (χ1) is 14.4. The number of carbonyl (C=O) groups is 1. The Balaban J connectivity index is 1.88. The van der Waals surface area contributed by atoms with Gasteiger partial charge in [0.1, 0.15) is 6.10 Å². The zero-order chi connectivity index (χ0) is 21.2. The van der Waals surface area contributed by atoms with Crippen molar-refractivity contribution in [3.8, 4) is 5.88 Å². The number of anilines is 1. The fraction of sp³-hybridized carbons (Fsp3) is 0.261. The average molecular weight is 403 g/mol. The van der Waals surface area contributed by atoms with Crippen molar-refractivity contribution < 1.29 is 9.53 Å². The Kier molecular flexibility index (Phi) is 3.96. The number of carbonyl (C=O) groups excluding carboxylic acids is 1. The summed E-state index contributed by atoms with van der Waals surface area (Å²) in [4.78, 5) is 41.0. The lowest BCUT2D eigenvalue weighted by atomic mass is 9.71. The van der Waals surface area contributed by atoms with Gasteiger partial charge in [0, 0.05) is 32.7 Å². The van der Waals surface area contributed by atoms with E-state index in [0.29, 0.717) is 5.56 Å². The number of rotatable bonds is 1. The van der Waals surface area contributed by atoms with Crippen LogP contribution in [-0.4, -0.2) is 22.1 Å². The average Bonchev–Trinajstić information content (AvgIpc) is 2.79. The maximum atomic E-state index is 13.5. The van der Waals surface area contributed by atoms with Gasteiger partial charge < -0.3 is 9.64 Å². The lowest BCUT2D eigenvalue weighted by Gasteiger charge is -2.44. The normalized spacial score (nSPS) is 22.0. The van der Waals surface area contributed by atoms with Crippen LogP contribution in [0.1, 0.15) is 28.7 Å². The molecule has 0 fully saturated rings. The highest BCUT2D eigenvalue weighted by atomic mass is 16.5. The molecule has 152 valence electrons. The number of nitrogens with zero attached hydrogens (tertiary/aromatic N) is 3. The summed E-state index contributed by atoms with van der Waals surface area (Å²) in [6.45, 7) is 0. The van der Waals surface area contributed by atoms with Gasteiger partial charge in [0.25, 0.3) is 5.56 Å². The molecule has 1 amide bonds. The molecule has 2 aliphatic heterocycles. The SMILES string of the molecule is CN1C(=O)C2C(c3ccccc3)Oc3c(c(=O)n(C)c(=O)n3C)C2c2ccccc21. The van der Waals surface area contributed by atoms with E-state index in [-0.39, 0.29) is 11.8 Å². The summed E-state index contributed by atoms with van der Waals surface area (Å²) in [6, 6.07) is 17.1. The molecule has 3 unspecified atom stereocenters. The molecule has 7 nitrogen and oxygen atoms in total. The number of amides is 1. The molecule has 30 heavy (non-hydrogen) atoms. The van der Waals surface area contributed by atoms with Crippen LogP contribution in [0.25, 0.3) is 0 Å². The molecule has 7 heteroatoms. The van der Waals surface area contributed by atoms with Crippen LogP contribution in [0.15, 0.2) is 64.2 Å². The third-order valence-corrected chi connectivity index (χ3v) is 6.26. The molecule has 2 aliphatic rings. The van der Waals surface area contributed by atoms with Gasteiger partial charge in [-0.25, -0.2) is 4.79 Å². The summed E-state index contributed by atoms with van der Waals surface area (Å²) in [6.07, 6.45) is -0.621. The van der Waals surface area contributed by atoms with Gasteiger partial charge >= 0.3 is 5.69 Å². The fourth-order valence-electron chi connectivity index (χ4n) is 4.75. The lowest BCUT2D eigenvalue weighted by molar-refractivity contribution is -0.127. The molecule has 0 bridgehead atoms. The van der Waals surface area contributed by atoms with E-state index >= 15 is 0 Å². The van der Waals surface area contributed by atoms with Crippen molar-refractivity contribution in [2.75, 3.05) is 11.9 Å². The van der Waals surface area contributed by atoms with E-state index in [4.69, 9.17) is 4.74 Å². The van der Waals surface area contributed by atoms with Gasteiger partial charge in [0.2, 0.25) is 11.8 Å². The molecule has 3 atom stereocenters. The zero-order valence-corrected chi connectivity index (χ0v) is 16.9. The Hall–Kier alpha value is -3.61. The molecule has 3 heterocycles. The van der Waals surface area contributed by atoms with Crippen LogP contribution in [0, 0.1) is 5.92 Å². The van der Waals surface area contributed by atoms with E-state index in [1.807, 2.05) is 54.6 Å². The minimum atomic E-state index is -0.621. The summed E-state index contributed by atoms with van der Waals surface area (Å²) in [5.41, 5.74) is 1.93. The van der Waals surface area contributed by atoms with Gasteiger partial charge in [-0.3, -0.25) is 18.7 Å². The second-order valence-corrected chi connectivity index (χ2v) is 7.83. The summed E-state index contributed by atoms with van der Waals surface area (Å²) in [7, 11) is 4.78. The molecule has 0 saturated carbocycles. The van der Waals surface area contributed by atoms with Crippen molar-refractivity contribution in [1.29, 1.82) is 0 Å². The van der Waals surface area contributed by atoms with Gasteiger partial charge in [-0.05, 0) is 17.2 Å². The molecular formula is C23H21N3O4. The zero-order valence-electron chi connectivity index (χ0n) is 16.9. The van der Waals surface area contributed by atoms with Crippen LogP contribution in [0.5, 0.6) is 5.88 Å². The van der Waals surface area contributed by atoms with E-state index < -0.39 is 29.2 Å². The van der Waals surface area contributed by atoms with Crippen LogP contribution in [0.3, 0.4) is 0 Å². The number of hydrogen-bond acceptors (Lipinski definition) is 4. The third-order valence-electron chi connectivity index (χ3n) is 6.26. The lowest BCUT2D eigenvalue weighted by Crippen LogP contribution is -2.51. The predicted octanol–water partition coefficient (Wildman–Crippen LogP) is 1.94. The Bertz CT molecular complexity index is 1290. The van der Waals surface area contributed by atoms with Gasteiger partial charge in [0.05, 0.1) is 11.5 Å². The molecule has 0 radical (unpaired) electrons. The molecule has 5 rings (SSSR count). The first-order valence-electron chi connectivity index (χ1n) is 9.79. The standard InChI is InChI=1S/C23H21N3O4/c1-24-15-12-8-7-11-14(15)16-17(20(24)27)19(13-9-5-4-6-10-13)30-22-18(16)21(28)25(2)23(29)26(22)3/h4-12,16-17,19H,1-3H3. The van der Waals surface area contributed by atoms with Crippen LogP contribution in [0.2, 0.25) is 0 Å². The quantitative estimate of drug-likeness (QED) is 0.623. The molecular weight excluding hydrogens is 382 g/mol. The molecule has 0 aliphatic carbocycles. The summed E-state index contributed by atoms with van der Waals surface area (Å²) in [5, 5.41) is 0. The first-order valence-corrected chi connectivity index (χ1v) is 9.79. The van der Waals surface area contributed by atoms with Crippen molar-refractivity contribution in [2.45, 2.75) is 12.0 Å². The van der Waals surface area contributed by atoms with Gasteiger partial charge in [-0.2, -0.15) is 0 Å². The first kappa shape index (κ1) is 18.4. The number of para-hydroxylation sites is 1. The molecule has 2 aromatic carbocycles. The number of benzene rings is 2. The van der Waals surface area contributed by atoms with Crippen molar-refractivity contribution in [3.63, 3.8) is 0 Å². The highest BCUT2D eigenvalue weighted by molar-refractivity contribution is 5.99. The van der Waals surface area contributed by atoms with Crippen LogP contribution in [0.4, 0.5) is 5.69 Å². The Labute approximate surface area is 172 Å². The predicted molar refractivity (Wildman–Crippen MR) is 112 cm³/mol. The molecule has 0 saturated heterocycles. The van der Waals surface area contributed by atoms with Crippen molar-refractivity contribution in [3.05, 3.63) is 92.1 Å². The van der Waals surface area contributed by atoms with Gasteiger partial charge in [-0.15, -0.1) is 0 Å². The summed E-state index contributed by atoms with van der Waals surface area (Å²) < 4.78 is 8.70. The van der Waals surface area contributed by atoms with E-state index in [1.165, 1.54) is 11.6 Å². The maximum absolute atomic E-state index is 13.5. The highest BCUT2D eigenvalue weighted by Gasteiger charge is 2.51. The van der Waals surface area contributed by atoms with E-state index in [1.54, 1.807) is 19.0 Å². The Morgan fingerprint density at radius 3 is 2.23 bits per heavy atom. The smallest absolute Gasteiger partial charge is 0.333 e. The number of aromatic nitrogens is 2. The van der Waals surface area contributed by atoms with Crippen LogP contribution in [-0.2, 0) is 18.9 Å². The molecule has 0 spiro atoms. The highest BCUT2D eigenvalue weighted by Crippen LogP contribution is 2.52. The van der Waals surface area contributed by atoms with Crippen molar-refractivity contribution >= 4 is 11.6 Å². The number of fused-ring (bicyclic) bond motifs is 5. The van der Waals surface area contributed by atoms with E-state index in [2.05, 4.69) is 0 Å². The minimum Gasteiger partial charge on any atom is -0.469 e. The largest absolute Gasteiger partial charge is 0.469 e. The number of hydrogen-bond donors (Lipinski definition) is 0. The van der Waals surface area contributed by atoms with Gasteiger partial charge in [0.15, 0.2) is 0 Å². The van der Waals surface area contributed by atoms with E-state index in [0.717, 1.165) is 21.4 Å². The summed E-state index contributed by atoms with van der Waals surface area (Å²) in [5.74, 6) is -1.02. The Morgan fingerprint density at radius 2 is 1.50 bits per heavy atom. The maximum Gasteiger partial charge on any atom is 0.333 e. The monoisotopic (exact) mass is 403 g/mol. The minimum absolute atomic E-state index is 0.117. The number of ether oxygens (including phenoxy) is 1. The van der Waals surface area contributed by atoms with E-state index in [9.17, 15) is 14.4 Å². The second-order valence-electron chi connectivity index (χ2n) is 7.83. The molecule has 1 aromatic heterocycles. The molecule has 0 N–H and O–H groups in total. The summed E-state index contributed by atoms with van der Waals surface area (Å²) >= 11 is 0. The fourth-order valence-corrected chi connectivity index (χ4v) is 4.75. The topological polar surface area (TPSA) is 73.5 Å². The van der Waals surface area contributed by atoms with Crippen molar-refractivity contribution in [1.82, 2.24) is 9.13 Å². The van der Waals surface area contributed by atoms with Gasteiger partial charge in [-0.1, -0.05) is 48.5 Å². The second kappa shape index (κ2) is 6.45.